The lowest BCUT2D eigenvalue weighted by Crippen LogP contribution is -2.22. The molecule has 0 amide bonds. The first-order chi connectivity index (χ1) is 8.46. The molecule has 1 aromatic carbocycles. The highest BCUT2D eigenvalue weighted by Crippen LogP contribution is 2.33. The summed E-state index contributed by atoms with van der Waals surface area (Å²) in [7, 11) is -2.86. The molecule has 0 spiro atoms. The smallest absolute Gasteiger partial charge is 0.147 e. The normalized spacial score (nSPS) is 18.8. The zero-order valence-corrected chi connectivity index (χ0v) is 11.3. The maximum absolute atomic E-state index is 11.0. The van der Waals surface area contributed by atoms with Crippen LogP contribution in [-0.4, -0.2) is 32.1 Å². The van der Waals surface area contributed by atoms with Crippen molar-refractivity contribution in [2.45, 2.75) is 25.3 Å². The van der Waals surface area contributed by atoms with E-state index in [2.05, 4.69) is 5.32 Å². The lowest BCUT2D eigenvalue weighted by Gasteiger charge is -2.13. The summed E-state index contributed by atoms with van der Waals surface area (Å²) >= 11 is 0. The minimum absolute atomic E-state index is 0.231. The minimum Gasteiger partial charge on any atom is -0.508 e. The van der Waals surface area contributed by atoms with Crippen LogP contribution in [-0.2, 0) is 16.3 Å². The Kier molecular flexibility index (Phi) is 3.92. The van der Waals surface area contributed by atoms with Crippen LogP contribution in [0.15, 0.2) is 18.2 Å². The van der Waals surface area contributed by atoms with Crippen molar-refractivity contribution in [1.29, 1.82) is 0 Å². The summed E-state index contributed by atoms with van der Waals surface area (Å²) < 4.78 is 22.0. The Morgan fingerprint density at radius 1 is 1.44 bits per heavy atom. The Morgan fingerprint density at radius 2 is 2.22 bits per heavy atom. The molecule has 2 rings (SSSR count). The number of phenols is 1. The van der Waals surface area contributed by atoms with Gasteiger partial charge in [0.05, 0.1) is 5.75 Å². The van der Waals surface area contributed by atoms with Crippen LogP contribution in [0, 0.1) is 0 Å². The van der Waals surface area contributed by atoms with E-state index in [1.54, 1.807) is 6.07 Å². The second-order valence-electron chi connectivity index (χ2n) is 4.91. The van der Waals surface area contributed by atoms with Crippen LogP contribution in [0.2, 0.25) is 0 Å². The fourth-order valence-corrected chi connectivity index (χ4v) is 3.10. The van der Waals surface area contributed by atoms with Crippen molar-refractivity contribution in [2.75, 3.05) is 18.6 Å². The third kappa shape index (κ3) is 3.46. The van der Waals surface area contributed by atoms with Crippen LogP contribution in [0.3, 0.4) is 0 Å². The van der Waals surface area contributed by atoms with E-state index in [0.29, 0.717) is 24.8 Å². The van der Waals surface area contributed by atoms with E-state index in [-0.39, 0.29) is 5.75 Å². The summed E-state index contributed by atoms with van der Waals surface area (Å²) in [5.74, 6) is 0.543. The first-order valence-electron chi connectivity index (χ1n) is 6.18. The first-order valence-corrected chi connectivity index (χ1v) is 8.25. The maximum atomic E-state index is 11.0. The van der Waals surface area contributed by atoms with Gasteiger partial charge in [-0.2, -0.15) is 0 Å². The van der Waals surface area contributed by atoms with E-state index in [1.807, 2.05) is 12.1 Å². The number of hydrogen-bond donors (Lipinski definition) is 2. The van der Waals surface area contributed by atoms with Gasteiger partial charge in [-0.1, -0.05) is 6.07 Å². The van der Waals surface area contributed by atoms with Crippen LogP contribution in [0.5, 0.6) is 5.75 Å². The number of aromatic hydroxyl groups is 1. The lowest BCUT2D eigenvalue weighted by molar-refractivity contribution is 0.474. The molecular formula is C13H19NO3S. The van der Waals surface area contributed by atoms with Crippen LogP contribution in [0.1, 0.15) is 30.0 Å². The molecule has 5 heteroatoms. The third-order valence-corrected chi connectivity index (χ3v) is 4.32. The molecule has 2 N–H and O–H groups in total. The topological polar surface area (TPSA) is 66.4 Å². The number of hydrogen-bond acceptors (Lipinski definition) is 4. The fourth-order valence-electron chi connectivity index (χ4n) is 2.43. The monoisotopic (exact) mass is 269 g/mol. The van der Waals surface area contributed by atoms with E-state index in [0.717, 1.165) is 12.8 Å². The highest BCUT2D eigenvalue weighted by Gasteiger charge is 2.21. The molecule has 0 fully saturated rings. The molecule has 0 heterocycles. The molecule has 1 aliphatic rings. The van der Waals surface area contributed by atoms with Crippen molar-refractivity contribution >= 4 is 9.84 Å². The standard InChI is InChI=1S/C13H19NO3S/c1-18(16,17)8-2-7-14-13-6-3-10-9-11(15)4-5-12(10)13/h4-5,9,13-15H,2-3,6-8H2,1H3. The quantitative estimate of drug-likeness (QED) is 0.793. The van der Waals surface area contributed by atoms with Crippen molar-refractivity contribution in [3.8, 4) is 5.75 Å². The van der Waals surface area contributed by atoms with Crippen molar-refractivity contribution in [3.05, 3.63) is 29.3 Å². The van der Waals surface area contributed by atoms with Gasteiger partial charge in [0.1, 0.15) is 15.6 Å². The summed E-state index contributed by atoms with van der Waals surface area (Å²) in [5, 5.41) is 12.8. The van der Waals surface area contributed by atoms with Crippen molar-refractivity contribution in [3.63, 3.8) is 0 Å². The number of rotatable bonds is 5. The minimum atomic E-state index is -2.86. The molecule has 1 aliphatic carbocycles. The SMILES string of the molecule is CS(=O)(=O)CCCNC1CCc2cc(O)ccc21. The predicted octanol–water partition coefficient (Wildman–Crippen LogP) is 1.40. The summed E-state index contributed by atoms with van der Waals surface area (Å²) in [6.07, 6.45) is 3.88. The third-order valence-electron chi connectivity index (χ3n) is 3.29. The number of fused-ring (bicyclic) bond motifs is 1. The summed E-state index contributed by atoms with van der Waals surface area (Å²) in [6.45, 7) is 0.706. The zero-order chi connectivity index (χ0) is 13.2. The molecule has 1 atom stereocenters. The van der Waals surface area contributed by atoms with Gasteiger partial charge in [-0.15, -0.1) is 0 Å². The molecule has 100 valence electrons. The number of phenolic OH excluding ortho intramolecular Hbond substituents is 1. The van der Waals surface area contributed by atoms with Gasteiger partial charge in [0.2, 0.25) is 0 Å². The number of aryl methyl sites for hydroxylation is 1. The zero-order valence-electron chi connectivity index (χ0n) is 10.5. The van der Waals surface area contributed by atoms with E-state index >= 15 is 0 Å². The number of sulfone groups is 1. The van der Waals surface area contributed by atoms with Crippen LogP contribution < -0.4 is 5.32 Å². The molecule has 0 aliphatic heterocycles. The van der Waals surface area contributed by atoms with Gasteiger partial charge in [0, 0.05) is 12.3 Å². The van der Waals surface area contributed by atoms with Crippen molar-refractivity contribution in [1.82, 2.24) is 5.32 Å². The fraction of sp³-hybridized carbons (Fsp3) is 0.538. The molecule has 4 nitrogen and oxygen atoms in total. The van der Waals surface area contributed by atoms with Crippen molar-refractivity contribution in [2.24, 2.45) is 0 Å². The molecule has 0 saturated carbocycles. The molecule has 1 unspecified atom stereocenters. The first kappa shape index (κ1) is 13.4. The molecule has 1 aromatic rings. The summed E-state index contributed by atoms with van der Waals surface area (Å²) in [4.78, 5) is 0. The van der Waals surface area contributed by atoms with Gasteiger partial charge in [0.15, 0.2) is 0 Å². The van der Waals surface area contributed by atoms with E-state index in [9.17, 15) is 13.5 Å². The number of nitrogens with one attached hydrogen (secondary N) is 1. The number of benzene rings is 1. The van der Waals surface area contributed by atoms with Crippen LogP contribution in [0.25, 0.3) is 0 Å². The van der Waals surface area contributed by atoms with Crippen LogP contribution in [0.4, 0.5) is 0 Å². The largest absolute Gasteiger partial charge is 0.508 e. The lowest BCUT2D eigenvalue weighted by atomic mass is 10.1. The van der Waals surface area contributed by atoms with Gasteiger partial charge in [-0.25, -0.2) is 8.42 Å². The molecule has 0 aromatic heterocycles. The van der Waals surface area contributed by atoms with Gasteiger partial charge in [0.25, 0.3) is 0 Å². The average molecular weight is 269 g/mol. The van der Waals surface area contributed by atoms with E-state index in [1.165, 1.54) is 17.4 Å². The Balaban J connectivity index is 1.87. The molecule has 0 radical (unpaired) electrons. The Hall–Kier alpha value is -1.07. The molecule has 0 saturated heterocycles. The highest BCUT2D eigenvalue weighted by atomic mass is 32.2. The average Bonchev–Trinajstić information content (AvgIpc) is 2.65. The summed E-state index contributed by atoms with van der Waals surface area (Å²) in [5.41, 5.74) is 2.42. The second kappa shape index (κ2) is 5.28. The predicted molar refractivity (Wildman–Crippen MR) is 71.5 cm³/mol. The van der Waals surface area contributed by atoms with Gasteiger partial charge >= 0.3 is 0 Å². The molecular weight excluding hydrogens is 250 g/mol. The van der Waals surface area contributed by atoms with Gasteiger partial charge < -0.3 is 10.4 Å². The Morgan fingerprint density at radius 3 is 2.94 bits per heavy atom. The summed E-state index contributed by atoms with van der Waals surface area (Å²) in [6, 6.07) is 5.76. The Labute approximate surface area is 108 Å². The van der Waals surface area contributed by atoms with Crippen LogP contribution >= 0.6 is 0 Å². The molecule has 0 bridgehead atoms. The second-order valence-corrected chi connectivity index (χ2v) is 7.17. The maximum Gasteiger partial charge on any atom is 0.147 e. The van der Waals surface area contributed by atoms with Gasteiger partial charge in [-0.05, 0) is 49.1 Å². The Bertz CT molecular complexity index is 525. The molecule has 18 heavy (non-hydrogen) atoms. The van der Waals surface area contributed by atoms with E-state index in [4.69, 9.17) is 0 Å². The highest BCUT2D eigenvalue weighted by molar-refractivity contribution is 7.90. The van der Waals surface area contributed by atoms with Gasteiger partial charge in [-0.3, -0.25) is 0 Å². The van der Waals surface area contributed by atoms with E-state index < -0.39 is 9.84 Å². The van der Waals surface area contributed by atoms with Crippen molar-refractivity contribution < 1.29 is 13.5 Å².